The summed E-state index contributed by atoms with van der Waals surface area (Å²) in [5.41, 5.74) is 0. The van der Waals surface area contributed by atoms with Gasteiger partial charge in [-0.25, -0.2) is 4.79 Å². The number of thioether (sulfide) groups is 1. The number of nitrogens with zero attached hydrogens (tertiary/aromatic N) is 1. The highest BCUT2D eigenvalue weighted by molar-refractivity contribution is 8.00. The van der Waals surface area contributed by atoms with Crippen LogP contribution in [0.5, 0.6) is 0 Å². The molecule has 3 heterocycles. The van der Waals surface area contributed by atoms with Crippen molar-refractivity contribution >= 4 is 23.7 Å². The van der Waals surface area contributed by atoms with Gasteiger partial charge in [0.1, 0.15) is 0 Å². The molecule has 3 fully saturated rings. The van der Waals surface area contributed by atoms with Crippen molar-refractivity contribution in [3.05, 3.63) is 0 Å². The van der Waals surface area contributed by atoms with Gasteiger partial charge in [-0.05, 0) is 12.8 Å². The third-order valence-electron chi connectivity index (χ3n) is 4.79. The van der Waals surface area contributed by atoms with E-state index < -0.39 is 0 Å². The molecule has 0 spiro atoms. The van der Waals surface area contributed by atoms with E-state index in [1.54, 1.807) is 0 Å². The number of piperazine rings is 1. The van der Waals surface area contributed by atoms with E-state index in [0.717, 1.165) is 51.2 Å². The molecule has 3 rings (SSSR count). The molecule has 0 radical (unpaired) electrons. The molecule has 4 N–H and O–H groups in total. The molecule has 0 aromatic rings. The van der Waals surface area contributed by atoms with E-state index in [4.69, 9.17) is 0 Å². The van der Waals surface area contributed by atoms with Crippen LogP contribution in [0.4, 0.5) is 4.79 Å². The molecule has 0 saturated carbocycles. The van der Waals surface area contributed by atoms with Crippen LogP contribution in [-0.2, 0) is 4.79 Å². The van der Waals surface area contributed by atoms with Gasteiger partial charge in [-0.1, -0.05) is 6.42 Å². The zero-order chi connectivity index (χ0) is 16.1. The minimum atomic E-state index is -0.0300. The van der Waals surface area contributed by atoms with Crippen LogP contribution in [0.3, 0.4) is 0 Å². The second-order valence-corrected chi connectivity index (χ2v) is 7.77. The average molecular weight is 341 g/mol. The second-order valence-electron chi connectivity index (χ2n) is 6.49. The highest BCUT2D eigenvalue weighted by Crippen LogP contribution is 2.33. The van der Waals surface area contributed by atoms with Gasteiger partial charge in [0.25, 0.3) is 0 Å². The van der Waals surface area contributed by atoms with Gasteiger partial charge >= 0.3 is 6.03 Å². The molecule has 3 aliphatic heterocycles. The Morgan fingerprint density at radius 1 is 1.26 bits per heavy atom. The number of nitrogens with one attached hydrogen (secondary N) is 4. The van der Waals surface area contributed by atoms with Crippen LogP contribution in [0.1, 0.15) is 25.7 Å². The van der Waals surface area contributed by atoms with Crippen LogP contribution in [0.25, 0.3) is 0 Å². The summed E-state index contributed by atoms with van der Waals surface area (Å²) in [4.78, 5) is 25.5. The van der Waals surface area contributed by atoms with Gasteiger partial charge in [0.15, 0.2) is 0 Å². The van der Waals surface area contributed by atoms with E-state index in [-0.39, 0.29) is 18.0 Å². The summed E-state index contributed by atoms with van der Waals surface area (Å²) in [7, 11) is 0. The van der Waals surface area contributed by atoms with Crippen LogP contribution in [0, 0.1) is 0 Å². The van der Waals surface area contributed by atoms with Gasteiger partial charge in [0.05, 0.1) is 18.8 Å². The predicted octanol–water partition coefficient (Wildman–Crippen LogP) is -0.309. The van der Waals surface area contributed by atoms with Crippen LogP contribution >= 0.6 is 11.8 Å². The largest absolute Gasteiger partial charge is 0.343 e. The van der Waals surface area contributed by atoms with E-state index in [2.05, 4.69) is 26.2 Å². The van der Waals surface area contributed by atoms with E-state index in [9.17, 15) is 9.59 Å². The molecule has 0 bridgehead atoms. The minimum Gasteiger partial charge on any atom is -0.343 e. The monoisotopic (exact) mass is 341 g/mol. The van der Waals surface area contributed by atoms with Gasteiger partial charge in [-0.2, -0.15) is 11.8 Å². The summed E-state index contributed by atoms with van der Waals surface area (Å²) < 4.78 is 0. The molecule has 3 saturated heterocycles. The lowest BCUT2D eigenvalue weighted by molar-refractivity contribution is -0.121. The van der Waals surface area contributed by atoms with E-state index in [0.29, 0.717) is 24.4 Å². The van der Waals surface area contributed by atoms with Gasteiger partial charge in [-0.3, -0.25) is 9.69 Å². The summed E-state index contributed by atoms with van der Waals surface area (Å²) >= 11 is 1.93. The Balaban J connectivity index is 1.25. The Hall–Kier alpha value is -0.990. The van der Waals surface area contributed by atoms with Crippen LogP contribution in [0.15, 0.2) is 0 Å². The minimum absolute atomic E-state index is 0.0300. The normalized spacial score (nSPS) is 30.6. The SMILES string of the molecule is O=C(CCCCC1SCC2NC(=O)NC21)NCN1CCNCC1. The number of urea groups is 1. The Morgan fingerprint density at radius 3 is 2.91 bits per heavy atom. The summed E-state index contributed by atoms with van der Waals surface area (Å²) in [6.45, 7) is 4.67. The molecule has 0 aromatic carbocycles. The molecule has 0 aliphatic carbocycles. The lowest BCUT2D eigenvalue weighted by Gasteiger charge is -2.27. The Bertz CT molecular complexity index is 430. The third kappa shape index (κ3) is 4.74. The van der Waals surface area contributed by atoms with Crippen molar-refractivity contribution in [1.82, 2.24) is 26.2 Å². The van der Waals surface area contributed by atoms with Crippen molar-refractivity contribution in [3.63, 3.8) is 0 Å². The van der Waals surface area contributed by atoms with E-state index in [1.807, 2.05) is 11.8 Å². The third-order valence-corrected chi connectivity index (χ3v) is 6.30. The predicted molar refractivity (Wildman–Crippen MR) is 91.4 cm³/mol. The number of carbonyl (C=O) groups is 2. The summed E-state index contributed by atoms with van der Waals surface area (Å²) in [6, 6.07) is 0.534. The van der Waals surface area contributed by atoms with Gasteiger partial charge in [0, 0.05) is 43.6 Å². The molecular formula is C15H27N5O2S. The molecule has 0 aromatic heterocycles. The molecule has 3 unspecified atom stereocenters. The summed E-state index contributed by atoms with van der Waals surface area (Å²) in [5, 5.41) is 12.8. The first-order valence-electron chi connectivity index (χ1n) is 8.61. The molecule has 7 nitrogen and oxygen atoms in total. The number of rotatable bonds is 7. The molecule has 130 valence electrons. The Kier molecular flexibility index (Phi) is 6.02. The molecule has 8 heteroatoms. The first-order valence-corrected chi connectivity index (χ1v) is 9.65. The fraction of sp³-hybridized carbons (Fsp3) is 0.867. The van der Waals surface area contributed by atoms with Crippen LogP contribution in [-0.4, -0.2) is 72.8 Å². The van der Waals surface area contributed by atoms with Gasteiger partial charge in [0.2, 0.25) is 5.91 Å². The number of fused-ring (bicyclic) bond motifs is 1. The molecule has 3 aliphatic rings. The lowest BCUT2D eigenvalue weighted by Crippen LogP contribution is -2.48. The maximum Gasteiger partial charge on any atom is 0.315 e. The van der Waals surface area contributed by atoms with Crippen molar-refractivity contribution in [2.24, 2.45) is 0 Å². The molecule has 3 atom stereocenters. The van der Waals surface area contributed by atoms with Crippen molar-refractivity contribution < 1.29 is 9.59 Å². The zero-order valence-corrected chi connectivity index (χ0v) is 14.3. The zero-order valence-electron chi connectivity index (χ0n) is 13.5. The number of amides is 3. The maximum atomic E-state index is 11.9. The summed E-state index contributed by atoms with van der Waals surface area (Å²) in [5.74, 6) is 1.15. The fourth-order valence-electron chi connectivity index (χ4n) is 3.43. The van der Waals surface area contributed by atoms with Crippen molar-refractivity contribution in [3.8, 4) is 0 Å². The van der Waals surface area contributed by atoms with Crippen LogP contribution < -0.4 is 21.3 Å². The quantitative estimate of drug-likeness (QED) is 0.377. The van der Waals surface area contributed by atoms with E-state index in [1.165, 1.54) is 0 Å². The number of unbranched alkanes of at least 4 members (excludes halogenated alkanes) is 1. The Morgan fingerprint density at radius 2 is 2.09 bits per heavy atom. The Labute approximate surface area is 141 Å². The highest BCUT2D eigenvalue weighted by Gasteiger charge is 2.42. The molecule has 23 heavy (non-hydrogen) atoms. The number of carbonyl (C=O) groups excluding carboxylic acids is 2. The lowest BCUT2D eigenvalue weighted by atomic mass is 10.0. The average Bonchev–Trinajstić information content (AvgIpc) is 3.10. The van der Waals surface area contributed by atoms with Gasteiger partial charge < -0.3 is 21.3 Å². The van der Waals surface area contributed by atoms with E-state index >= 15 is 0 Å². The first-order chi connectivity index (χ1) is 11.2. The van der Waals surface area contributed by atoms with Crippen molar-refractivity contribution in [2.75, 3.05) is 38.6 Å². The maximum absolute atomic E-state index is 11.9. The number of hydrogen-bond donors (Lipinski definition) is 4. The fourth-order valence-corrected chi connectivity index (χ4v) is 4.98. The second kappa shape index (κ2) is 8.21. The summed E-state index contributed by atoms with van der Waals surface area (Å²) in [6.07, 6.45) is 3.63. The van der Waals surface area contributed by atoms with Gasteiger partial charge in [-0.15, -0.1) is 0 Å². The number of hydrogen-bond acceptors (Lipinski definition) is 5. The first kappa shape index (κ1) is 16.9. The molecule has 3 amide bonds. The van der Waals surface area contributed by atoms with Crippen molar-refractivity contribution in [1.29, 1.82) is 0 Å². The molecular weight excluding hydrogens is 314 g/mol. The van der Waals surface area contributed by atoms with Crippen LogP contribution in [0.2, 0.25) is 0 Å². The van der Waals surface area contributed by atoms with Crippen molar-refractivity contribution in [2.45, 2.75) is 43.0 Å². The highest BCUT2D eigenvalue weighted by atomic mass is 32.2. The topological polar surface area (TPSA) is 85.5 Å². The smallest absolute Gasteiger partial charge is 0.315 e. The standard InChI is InChI=1S/C15H27N5O2S/c21-13(17-10-20-7-5-16-6-8-20)4-2-1-3-12-14-11(9-23-12)18-15(22)19-14/h11-12,14,16H,1-10H2,(H,17,21)(H2,18,19,22).